The van der Waals surface area contributed by atoms with Crippen LogP contribution in [0.25, 0.3) is 0 Å². The molecule has 0 N–H and O–H groups in total. The van der Waals surface area contributed by atoms with E-state index in [1.54, 1.807) is 36.4 Å². The maximum absolute atomic E-state index is 14.2. The van der Waals surface area contributed by atoms with Crippen LogP contribution in [0.1, 0.15) is 15.9 Å². The lowest BCUT2D eigenvalue weighted by atomic mass is 10.0. The third kappa shape index (κ3) is 3.26. The van der Waals surface area contributed by atoms with E-state index >= 15 is 0 Å². The molecule has 3 aromatic carbocycles. The second-order valence-electron chi connectivity index (χ2n) is 4.76. The van der Waals surface area contributed by atoms with Gasteiger partial charge < -0.3 is 0 Å². The first-order valence-electron chi connectivity index (χ1n) is 6.86. The van der Waals surface area contributed by atoms with E-state index in [1.807, 2.05) is 36.4 Å². The van der Waals surface area contributed by atoms with Crippen molar-refractivity contribution in [2.24, 2.45) is 0 Å². The first-order valence-corrected chi connectivity index (χ1v) is 7.68. The van der Waals surface area contributed by atoms with Crippen molar-refractivity contribution >= 4 is 17.5 Å². The highest BCUT2D eigenvalue weighted by atomic mass is 32.2. The zero-order valence-corrected chi connectivity index (χ0v) is 12.5. The number of halogens is 1. The molecule has 22 heavy (non-hydrogen) atoms. The summed E-state index contributed by atoms with van der Waals surface area (Å²) in [6, 6.07) is 23.1. The van der Waals surface area contributed by atoms with E-state index < -0.39 is 0 Å². The third-order valence-electron chi connectivity index (χ3n) is 3.20. The smallest absolute Gasteiger partial charge is 0.193 e. The molecular formula is C19H13FOS. The Morgan fingerprint density at radius 2 is 1.41 bits per heavy atom. The average Bonchev–Trinajstić information content (AvgIpc) is 2.58. The molecule has 3 rings (SSSR count). The van der Waals surface area contributed by atoms with Crippen LogP contribution in [0, 0.1) is 5.82 Å². The fraction of sp³-hybridized carbons (Fsp3) is 0. The van der Waals surface area contributed by atoms with Gasteiger partial charge in [-0.1, -0.05) is 60.3 Å². The Balaban J connectivity index is 1.85. The van der Waals surface area contributed by atoms with Crippen LogP contribution in [0.15, 0.2) is 88.7 Å². The fourth-order valence-corrected chi connectivity index (χ4v) is 2.94. The molecular weight excluding hydrogens is 295 g/mol. The van der Waals surface area contributed by atoms with Crippen molar-refractivity contribution in [2.45, 2.75) is 9.79 Å². The summed E-state index contributed by atoms with van der Waals surface area (Å²) >= 11 is 1.34. The Labute approximate surface area is 132 Å². The summed E-state index contributed by atoms with van der Waals surface area (Å²) in [7, 11) is 0. The number of benzene rings is 3. The third-order valence-corrected chi connectivity index (χ3v) is 4.26. The number of carbonyl (C=O) groups excluding carboxylic acids is 1. The minimum Gasteiger partial charge on any atom is -0.289 e. The number of ketones is 1. The van der Waals surface area contributed by atoms with Gasteiger partial charge >= 0.3 is 0 Å². The topological polar surface area (TPSA) is 17.1 Å². The Kier molecular flexibility index (Phi) is 4.35. The van der Waals surface area contributed by atoms with Crippen molar-refractivity contribution in [3.63, 3.8) is 0 Å². The summed E-state index contributed by atoms with van der Waals surface area (Å²) < 4.78 is 14.2. The Morgan fingerprint density at radius 3 is 2.05 bits per heavy atom. The molecule has 0 heterocycles. The van der Waals surface area contributed by atoms with Crippen molar-refractivity contribution < 1.29 is 9.18 Å². The average molecular weight is 308 g/mol. The van der Waals surface area contributed by atoms with Crippen LogP contribution in [0.3, 0.4) is 0 Å². The molecule has 1 nitrogen and oxygen atoms in total. The summed E-state index contributed by atoms with van der Waals surface area (Å²) in [6.07, 6.45) is 0. The monoisotopic (exact) mass is 308 g/mol. The van der Waals surface area contributed by atoms with Crippen LogP contribution < -0.4 is 0 Å². The van der Waals surface area contributed by atoms with E-state index in [9.17, 15) is 9.18 Å². The molecule has 0 fully saturated rings. The van der Waals surface area contributed by atoms with Crippen molar-refractivity contribution in [3.05, 3.63) is 95.8 Å². The molecule has 0 radical (unpaired) electrons. The maximum atomic E-state index is 14.2. The summed E-state index contributed by atoms with van der Waals surface area (Å²) in [5.74, 6) is -0.550. The van der Waals surface area contributed by atoms with E-state index in [0.29, 0.717) is 16.0 Å². The van der Waals surface area contributed by atoms with Gasteiger partial charge in [0.05, 0.1) is 0 Å². The molecule has 0 spiro atoms. The summed E-state index contributed by atoms with van der Waals surface area (Å²) in [5.41, 5.74) is 0.923. The van der Waals surface area contributed by atoms with Gasteiger partial charge in [-0.15, -0.1) is 0 Å². The van der Waals surface area contributed by atoms with Gasteiger partial charge in [-0.2, -0.15) is 0 Å². The van der Waals surface area contributed by atoms with Crippen LogP contribution in [0.5, 0.6) is 0 Å². The van der Waals surface area contributed by atoms with Gasteiger partial charge in [0.25, 0.3) is 0 Å². The van der Waals surface area contributed by atoms with Gasteiger partial charge in [0, 0.05) is 20.9 Å². The normalized spacial score (nSPS) is 10.4. The highest BCUT2D eigenvalue weighted by Crippen LogP contribution is 2.30. The van der Waals surface area contributed by atoms with Crippen LogP contribution in [0.2, 0.25) is 0 Å². The predicted octanol–water partition coefficient (Wildman–Crippen LogP) is 5.21. The van der Waals surface area contributed by atoms with Gasteiger partial charge in [-0.3, -0.25) is 4.79 Å². The zero-order chi connectivity index (χ0) is 15.4. The fourth-order valence-electron chi connectivity index (χ4n) is 2.10. The van der Waals surface area contributed by atoms with Crippen LogP contribution >= 0.6 is 11.8 Å². The van der Waals surface area contributed by atoms with Crippen LogP contribution in [-0.2, 0) is 0 Å². The second-order valence-corrected chi connectivity index (χ2v) is 5.87. The molecule has 0 aliphatic rings. The van der Waals surface area contributed by atoms with E-state index in [0.717, 1.165) is 4.90 Å². The molecule has 0 atom stereocenters. The van der Waals surface area contributed by atoms with Crippen molar-refractivity contribution in [1.82, 2.24) is 0 Å². The van der Waals surface area contributed by atoms with E-state index in [1.165, 1.54) is 17.8 Å². The van der Waals surface area contributed by atoms with Crippen LogP contribution in [-0.4, -0.2) is 5.78 Å². The molecule has 0 saturated heterocycles. The molecule has 0 aromatic heterocycles. The molecule has 3 aromatic rings. The highest BCUT2D eigenvalue weighted by molar-refractivity contribution is 7.99. The van der Waals surface area contributed by atoms with Crippen molar-refractivity contribution in [2.75, 3.05) is 0 Å². The molecule has 0 saturated carbocycles. The second kappa shape index (κ2) is 6.58. The van der Waals surface area contributed by atoms with Crippen molar-refractivity contribution in [3.8, 4) is 0 Å². The lowest BCUT2D eigenvalue weighted by Crippen LogP contribution is -2.01. The Hall–Kier alpha value is -2.39. The minimum absolute atomic E-state index is 0.171. The minimum atomic E-state index is -0.379. The Bertz CT molecular complexity index is 785. The number of rotatable bonds is 4. The van der Waals surface area contributed by atoms with E-state index in [4.69, 9.17) is 0 Å². The first-order chi connectivity index (χ1) is 10.7. The predicted molar refractivity (Wildman–Crippen MR) is 86.8 cm³/mol. The zero-order valence-electron chi connectivity index (χ0n) is 11.7. The SMILES string of the molecule is O=C(c1ccccc1)c1ccc(Sc2ccccc2)c(F)c1. The van der Waals surface area contributed by atoms with Gasteiger partial charge in [0.15, 0.2) is 5.78 Å². The molecule has 0 amide bonds. The Morgan fingerprint density at radius 1 is 0.773 bits per heavy atom. The molecule has 0 bridgehead atoms. The summed E-state index contributed by atoms with van der Waals surface area (Å²) in [4.78, 5) is 13.8. The van der Waals surface area contributed by atoms with Gasteiger partial charge in [0.1, 0.15) is 5.82 Å². The molecule has 0 aliphatic carbocycles. The number of carbonyl (C=O) groups is 1. The van der Waals surface area contributed by atoms with Gasteiger partial charge in [-0.05, 0) is 30.3 Å². The molecule has 3 heteroatoms. The van der Waals surface area contributed by atoms with Crippen LogP contribution in [0.4, 0.5) is 4.39 Å². The summed E-state index contributed by atoms with van der Waals surface area (Å²) in [5, 5.41) is 0. The number of hydrogen-bond acceptors (Lipinski definition) is 2. The molecule has 108 valence electrons. The standard InChI is InChI=1S/C19H13FOS/c20-17-13-15(19(21)14-7-3-1-4-8-14)11-12-18(17)22-16-9-5-2-6-10-16/h1-13H. The lowest BCUT2D eigenvalue weighted by molar-refractivity contribution is 0.103. The molecule has 0 aliphatic heterocycles. The first kappa shape index (κ1) is 14.5. The maximum Gasteiger partial charge on any atom is 0.193 e. The molecule has 0 unspecified atom stereocenters. The van der Waals surface area contributed by atoms with E-state index in [-0.39, 0.29) is 11.6 Å². The van der Waals surface area contributed by atoms with E-state index in [2.05, 4.69) is 0 Å². The van der Waals surface area contributed by atoms with Crippen molar-refractivity contribution in [1.29, 1.82) is 0 Å². The quantitative estimate of drug-likeness (QED) is 0.616. The lowest BCUT2D eigenvalue weighted by Gasteiger charge is -2.06. The van der Waals surface area contributed by atoms with Gasteiger partial charge in [0.2, 0.25) is 0 Å². The summed E-state index contributed by atoms with van der Waals surface area (Å²) in [6.45, 7) is 0. The largest absolute Gasteiger partial charge is 0.289 e. The van der Waals surface area contributed by atoms with Gasteiger partial charge in [-0.25, -0.2) is 4.39 Å². The highest BCUT2D eigenvalue weighted by Gasteiger charge is 2.12. The number of hydrogen-bond donors (Lipinski definition) is 0.